The van der Waals surface area contributed by atoms with E-state index >= 15 is 0 Å². The number of carbonyl (C=O) groups is 1. The predicted octanol–water partition coefficient (Wildman–Crippen LogP) is -0.457. The molecule has 3 rings (SSSR count). The van der Waals surface area contributed by atoms with Gasteiger partial charge in [-0.25, -0.2) is 4.98 Å². The van der Waals surface area contributed by atoms with Crippen molar-refractivity contribution in [3.8, 4) is 0 Å². The lowest BCUT2D eigenvalue weighted by Crippen LogP contribution is -2.55. The fraction of sp³-hybridized carbons (Fsp3) is 0.583. The minimum atomic E-state index is -0.379. The number of carbonyl (C=O) groups excluding carboxylic acids is 1. The number of hydrogen-bond acceptors (Lipinski definition) is 6. The summed E-state index contributed by atoms with van der Waals surface area (Å²) >= 11 is 0. The summed E-state index contributed by atoms with van der Waals surface area (Å²) < 4.78 is 5.40. The molecule has 1 amide bonds. The highest BCUT2D eigenvalue weighted by atomic mass is 16.5. The summed E-state index contributed by atoms with van der Waals surface area (Å²) in [6.07, 6.45) is 3.73. The van der Waals surface area contributed by atoms with Crippen LogP contribution in [0.2, 0.25) is 0 Å². The summed E-state index contributed by atoms with van der Waals surface area (Å²) in [5, 5.41) is 2.99. The topological polar surface area (TPSA) is 93.4 Å². The summed E-state index contributed by atoms with van der Waals surface area (Å²) in [4.78, 5) is 22.4. The maximum atomic E-state index is 12.2. The van der Waals surface area contributed by atoms with Gasteiger partial charge in [0.15, 0.2) is 0 Å². The van der Waals surface area contributed by atoms with Crippen LogP contribution in [0.5, 0.6) is 0 Å². The number of aromatic nitrogens is 2. The predicted molar refractivity (Wildman–Crippen MR) is 69.6 cm³/mol. The Labute approximate surface area is 111 Å². The van der Waals surface area contributed by atoms with E-state index in [0.29, 0.717) is 37.6 Å². The number of ether oxygens (including phenoxy) is 1. The van der Waals surface area contributed by atoms with E-state index in [4.69, 9.17) is 10.5 Å². The van der Waals surface area contributed by atoms with E-state index in [1.54, 1.807) is 12.3 Å². The number of amides is 1. The SMILES string of the molecule is Nc1ccnc(N2CCOCC2C(=O)NC2CC2)n1. The first kappa shape index (κ1) is 12.2. The van der Waals surface area contributed by atoms with E-state index in [9.17, 15) is 4.79 Å². The van der Waals surface area contributed by atoms with Crippen molar-refractivity contribution in [2.45, 2.75) is 24.9 Å². The molecule has 1 saturated carbocycles. The van der Waals surface area contributed by atoms with Gasteiger partial charge in [0.2, 0.25) is 11.9 Å². The molecule has 2 heterocycles. The molecular weight excluding hydrogens is 246 g/mol. The van der Waals surface area contributed by atoms with Gasteiger partial charge in [0.1, 0.15) is 11.9 Å². The van der Waals surface area contributed by atoms with Crippen LogP contribution in [0.15, 0.2) is 12.3 Å². The summed E-state index contributed by atoms with van der Waals surface area (Å²) in [6.45, 7) is 1.51. The lowest BCUT2D eigenvalue weighted by atomic mass is 10.2. The first-order valence-corrected chi connectivity index (χ1v) is 6.47. The van der Waals surface area contributed by atoms with Crippen LogP contribution in [0.3, 0.4) is 0 Å². The number of nitrogens with two attached hydrogens (primary N) is 1. The number of morpholine rings is 1. The smallest absolute Gasteiger partial charge is 0.245 e. The van der Waals surface area contributed by atoms with Gasteiger partial charge in [-0.1, -0.05) is 0 Å². The van der Waals surface area contributed by atoms with Crippen LogP contribution >= 0.6 is 0 Å². The van der Waals surface area contributed by atoms with E-state index in [0.717, 1.165) is 12.8 Å². The summed E-state index contributed by atoms with van der Waals surface area (Å²) in [5.41, 5.74) is 5.67. The Kier molecular flexibility index (Phi) is 3.20. The summed E-state index contributed by atoms with van der Waals surface area (Å²) in [5.74, 6) is 0.866. The lowest BCUT2D eigenvalue weighted by Gasteiger charge is -2.34. The van der Waals surface area contributed by atoms with Gasteiger partial charge in [0.25, 0.3) is 0 Å². The number of anilines is 2. The van der Waals surface area contributed by atoms with E-state index in [1.807, 2.05) is 4.90 Å². The lowest BCUT2D eigenvalue weighted by molar-refractivity contribution is -0.124. The Morgan fingerprint density at radius 2 is 2.37 bits per heavy atom. The van der Waals surface area contributed by atoms with Crippen molar-refractivity contribution in [1.29, 1.82) is 0 Å². The normalized spacial score (nSPS) is 23.2. The average Bonchev–Trinajstić information content (AvgIpc) is 3.23. The fourth-order valence-corrected chi connectivity index (χ4v) is 2.09. The third kappa shape index (κ3) is 2.76. The minimum Gasteiger partial charge on any atom is -0.384 e. The molecule has 0 spiro atoms. The maximum Gasteiger partial charge on any atom is 0.245 e. The minimum absolute atomic E-state index is 0.0202. The summed E-state index contributed by atoms with van der Waals surface area (Å²) in [7, 11) is 0. The molecule has 1 atom stereocenters. The first-order chi connectivity index (χ1) is 9.24. The molecule has 19 heavy (non-hydrogen) atoms. The van der Waals surface area contributed by atoms with Crippen molar-refractivity contribution in [2.75, 3.05) is 30.4 Å². The Morgan fingerprint density at radius 1 is 1.53 bits per heavy atom. The van der Waals surface area contributed by atoms with Gasteiger partial charge in [-0.05, 0) is 18.9 Å². The monoisotopic (exact) mass is 263 g/mol. The Bertz CT molecular complexity index is 477. The Hall–Kier alpha value is -1.89. The van der Waals surface area contributed by atoms with Crippen molar-refractivity contribution in [3.05, 3.63) is 12.3 Å². The molecule has 2 fully saturated rings. The van der Waals surface area contributed by atoms with Crippen LogP contribution in [0.1, 0.15) is 12.8 Å². The second-order valence-corrected chi connectivity index (χ2v) is 4.85. The highest BCUT2D eigenvalue weighted by molar-refractivity contribution is 5.85. The standard InChI is InChI=1S/C12H17N5O2/c13-10-3-4-14-12(16-10)17-5-6-19-7-9(17)11(18)15-8-1-2-8/h3-4,8-9H,1-2,5-7H2,(H,15,18)(H2,13,14,16). The largest absolute Gasteiger partial charge is 0.384 e. The number of nitrogen functional groups attached to an aromatic ring is 1. The number of hydrogen-bond donors (Lipinski definition) is 2. The van der Waals surface area contributed by atoms with Gasteiger partial charge in [-0.3, -0.25) is 4.79 Å². The molecule has 7 nitrogen and oxygen atoms in total. The quantitative estimate of drug-likeness (QED) is 0.766. The van der Waals surface area contributed by atoms with Gasteiger partial charge >= 0.3 is 0 Å². The van der Waals surface area contributed by atoms with E-state index < -0.39 is 0 Å². The van der Waals surface area contributed by atoms with Gasteiger partial charge in [-0.15, -0.1) is 0 Å². The van der Waals surface area contributed by atoms with Crippen LogP contribution < -0.4 is 16.0 Å². The van der Waals surface area contributed by atoms with Crippen molar-refractivity contribution >= 4 is 17.7 Å². The van der Waals surface area contributed by atoms with Gasteiger partial charge in [-0.2, -0.15) is 4.98 Å². The van der Waals surface area contributed by atoms with Crippen LogP contribution in [-0.2, 0) is 9.53 Å². The maximum absolute atomic E-state index is 12.2. The zero-order chi connectivity index (χ0) is 13.2. The van der Waals surface area contributed by atoms with Crippen LogP contribution in [0.25, 0.3) is 0 Å². The Morgan fingerprint density at radius 3 is 3.11 bits per heavy atom. The molecule has 1 aromatic rings. The van der Waals surface area contributed by atoms with Crippen LogP contribution in [0.4, 0.5) is 11.8 Å². The molecule has 0 aromatic carbocycles. The molecule has 102 valence electrons. The van der Waals surface area contributed by atoms with E-state index in [1.165, 1.54) is 0 Å². The third-order valence-corrected chi connectivity index (χ3v) is 3.28. The molecule has 1 aliphatic carbocycles. The molecule has 0 bridgehead atoms. The molecule has 1 aliphatic heterocycles. The number of rotatable bonds is 3. The van der Waals surface area contributed by atoms with Crippen LogP contribution in [-0.4, -0.2) is 47.7 Å². The zero-order valence-electron chi connectivity index (χ0n) is 10.6. The third-order valence-electron chi connectivity index (χ3n) is 3.28. The number of nitrogens with zero attached hydrogens (tertiary/aromatic N) is 3. The van der Waals surface area contributed by atoms with Crippen LogP contribution in [0, 0.1) is 0 Å². The molecule has 3 N–H and O–H groups in total. The second-order valence-electron chi connectivity index (χ2n) is 4.85. The fourth-order valence-electron chi connectivity index (χ4n) is 2.09. The van der Waals surface area contributed by atoms with Crippen molar-refractivity contribution in [3.63, 3.8) is 0 Å². The van der Waals surface area contributed by atoms with E-state index in [-0.39, 0.29) is 11.9 Å². The molecule has 1 aromatic heterocycles. The molecular formula is C12H17N5O2. The van der Waals surface area contributed by atoms with E-state index in [2.05, 4.69) is 15.3 Å². The Balaban J connectivity index is 1.77. The molecule has 7 heteroatoms. The highest BCUT2D eigenvalue weighted by Crippen LogP contribution is 2.21. The zero-order valence-corrected chi connectivity index (χ0v) is 10.6. The average molecular weight is 263 g/mol. The van der Waals surface area contributed by atoms with Crippen molar-refractivity contribution in [2.24, 2.45) is 0 Å². The summed E-state index contributed by atoms with van der Waals surface area (Å²) in [6, 6.07) is 1.58. The second kappa shape index (κ2) is 5.00. The molecule has 0 radical (unpaired) electrons. The number of nitrogens with one attached hydrogen (secondary N) is 1. The van der Waals surface area contributed by atoms with Crippen molar-refractivity contribution in [1.82, 2.24) is 15.3 Å². The first-order valence-electron chi connectivity index (χ1n) is 6.47. The van der Waals surface area contributed by atoms with Gasteiger partial charge in [0, 0.05) is 18.8 Å². The molecule has 1 saturated heterocycles. The molecule has 1 unspecified atom stereocenters. The van der Waals surface area contributed by atoms with Gasteiger partial charge in [0.05, 0.1) is 13.2 Å². The molecule has 2 aliphatic rings. The van der Waals surface area contributed by atoms with Crippen molar-refractivity contribution < 1.29 is 9.53 Å². The highest BCUT2D eigenvalue weighted by Gasteiger charge is 2.34. The van der Waals surface area contributed by atoms with Gasteiger partial charge < -0.3 is 20.7 Å².